The minimum absolute atomic E-state index is 0.0692. The molecule has 4 N–H and O–H groups in total. The van der Waals surface area contributed by atoms with Crippen molar-refractivity contribution in [1.29, 1.82) is 0 Å². The third-order valence-corrected chi connectivity index (χ3v) is 2.39. The molecule has 0 aliphatic heterocycles. The number of nitrogens with one attached hydrogen (secondary N) is 1. The second kappa shape index (κ2) is 7.13. The van der Waals surface area contributed by atoms with E-state index in [0.717, 1.165) is 12.1 Å². The number of phenols is 3. The van der Waals surface area contributed by atoms with E-state index in [0.29, 0.717) is 5.71 Å². The number of aromatic hydroxyl groups is 3. The van der Waals surface area contributed by atoms with E-state index in [2.05, 4.69) is 10.5 Å². The summed E-state index contributed by atoms with van der Waals surface area (Å²) in [5, 5.41) is 31.5. The van der Waals surface area contributed by atoms with Crippen LogP contribution in [0.15, 0.2) is 17.2 Å². The highest BCUT2D eigenvalue weighted by atomic mass is 16.5. The van der Waals surface area contributed by atoms with Gasteiger partial charge in [-0.05, 0) is 26.0 Å². The van der Waals surface area contributed by atoms with E-state index in [-0.39, 0.29) is 18.6 Å². The number of hydrogen-bond donors (Lipinski definition) is 4. The quantitative estimate of drug-likeness (QED) is 0.276. The SMILES string of the molecule is CCOC(=O)C/C(C)=N/NC(=O)c1cc(O)c(O)c(O)c1. The highest BCUT2D eigenvalue weighted by Gasteiger charge is 2.13. The van der Waals surface area contributed by atoms with Crippen LogP contribution in [0, 0.1) is 0 Å². The van der Waals surface area contributed by atoms with Crippen LogP contribution in [0.1, 0.15) is 30.6 Å². The maximum Gasteiger partial charge on any atom is 0.311 e. The van der Waals surface area contributed by atoms with Crippen molar-refractivity contribution in [3.05, 3.63) is 17.7 Å². The number of esters is 1. The Morgan fingerprint density at radius 1 is 1.24 bits per heavy atom. The van der Waals surface area contributed by atoms with Gasteiger partial charge in [-0.1, -0.05) is 0 Å². The van der Waals surface area contributed by atoms with Crippen molar-refractivity contribution in [1.82, 2.24) is 5.43 Å². The smallest absolute Gasteiger partial charge is 0.311 e. The largest absolute Gasteiger partial charge is 0.504 e. The van der Waals surface area contributed by atoms with Gasteiger partial charge in [0.25, 0.3) is 5.91 Å². The van der Waals surface area contributed by atoms with Crippen LogP contribution < -0.4 is 5.43 Å². The molecule has 1 aromatic carbocycles. The van der Waals surface area contributed by atoms with E-state index in [9.17, 15) is 19.8 Å². The lowest BCUT2D eigenvalue weighted by atomic mass is 10.2. The van der Waals surface area contributed by atoms with Crippen LogP contribution in [0.2, 0.25) is 0 Å². The lowest BCUT2D eigenvalue weighted by Crippen LogP contribution is -2.20. The van der Waals surface area contributed by atoms with Crippen molar-refractivity contribution in [3.8, 4) is 17.2 Å². The van der Waals surface area contributed by atoms with E-state index >= 15 is 0 Å². The zero-order valence-corrected chi connectivity index (χ0v) is 11.6. The zero-order chi connectivity index (χ0) is 16.0. The van der Waals surface area contributed by atoms with Crippen LogP contribution in [-0.2, 0) is 9.53 Å². The van der Waals surface area contributed by atoms with Gasteiger partial charge in [0.1, 0.15) is 0 Å². The predicted molar refractivity (Wildman–Crippen MR) is 73.3 cm³/mol. The molecule has 1 rings (SSSR count). The first-order valence-corrected chi connectivity index (χ1v) is 6.09. The molecule has 21 heavy (non-hydrogen) atoms. The summed E-state index contributed by atoms with van der Waals surface area (Å²) in [5.74, 6) is -3.16. The Labute approximate surface area is 120 Å². The van der Waals surface area contributed by atoms with Crippen LogP contribution >= 0.6 is 0 Å². The molecule has 1 amide bonds. The predicted octanol–water partition coefficient (Wildman–Crippen LogP) is 0.862. The minimum Gasteiger partial charge on any atom is -0.504 e. The van der Waals surface area contributed by atoms with Crippen molar-refractivity contribution in [2.75, 3.05) is 6.61 Å². The lowest BCUT2D eigenvalue weighted by molar-refractivity contribution is -0.141. The molecule has 0 radical (unpaired) electrons. The standard InChI is InChI=1S/C13H16N2O6/c1-3-21-11(18)4-7(2)14-15-13(20)8-5-9(16)12(19)10(17)6-8/h5-6,16-17,19H,3-4H2,1-2H3,(H,15,20)/b14-7+. The Morgan fingerprint density at radius 2 is 1.81 bits per heavy atom. The molecule has 0 aromatic heterocycles. The molecule has 114 valence electrons. The van der Waals surface area contributed by atoms with Gasteiger partial charge in [-0.25, -0.2) is 5.43 Å². The molecule has 0 aliphatic carbocycles. The average molecular weight is 296 g/mol. The Morgan fingerprint density at radius 3 is 2.33 bits per heavy atom. The number of ether oxygens (including phenoxy) is 1. The van der Waals surface area contributed by atoms with E-state index in [1.54, 1.807) is 6.92 Å². The number of nitrogens with zero attached hydrogens (tertiary/aromatic N) is 1. The van der Waals surface area contributed by atoms with Crippen LogP contribution in [0.25, 0.3) is 0 Å². The number of hydrazone groups is 1. The Balaban J connectivity index is 2.71. The summed E-state index contributed by atoms with van der Waals surface area (Å²) in [6, 6.07) is 1.95. The summed E-state index contributed by atoms with van der Waals surface area (Å²) in [4.78, 5) is 22.9. The van der Waals surface area contributed by atoms with Gasteiger partial charge in [-0.2, -0.15) is 5.10 Å². The number of carbonyl (C=O) groups excluding carboxylic acids is 2. The summed E-state index contributed by atoms with van der Waals surface area (Å²) in [6.45, 7) is 3.46. The van der Waals surface area contributed by atoms with Crippen molar-refractivity contribution >= 4 is 17.6 Å². The summed E-state index contributed by atoms with van der Waals surface area (Å²) < 4.78 is 4.72. The zero-order valence-electron chi connectivity index (χ0n) is 11.6. The van der Waals surface area contributed by atoms with Gasteiger partial charge in [0.15, 0.2) is 17.2 Å². The molecule has 8 heteroatoms. The van der Waals surface area contributed by atoms with Gasteiger partial charge >= 0.3 is 5.97 Å². The second-order valence-electron chi connectivity index (χ2n) is 4.13. The van der Waals surface area contributed by atoms with Crippen molar-refractivity contribution in [2.45, 2.75) is 20.3 Å². The second-order valence-corrected chi connectivity index (χ2v) is 4.13. The van der Waals surface area contributed by atoms with Crippen LogP contribution in [0.4, 0.5) is 0 Å². The number of rotatable bonds is 5. The fourth-order valence-electron chi connectivity index (χ4n) is 1.41. The molecular formula is C13H16N2O6. The summed E-state index contributed by atoms with van der Waals surface area (Å²) in [7, 11) is 0. The third-order valence-electron chi connectivity index (χ3n) is 2.39. The average Bonchev–Trinajstić information content (AvgIpc) is 2.41. The summed E-state index contributed by atoms with van der Waals surface area (Å²) >= 11 is 0. The molecule has 0 saturated heterocycles. The maximum absolute atomic E-state index is 11.7. The molecule has 1 aromatic rings. The first-order valence-electron chi connectivity index (χ1n) is 6.09. The van der Waals surface area contributed by atoms with E-state index in [1.807, 2.05) is 0 Å². The lowest BCUT2D eigenvalue weighted by Gasteiger charge is -2.05. The van der Waals surface area contributed by atoms with E-state index in [4.69, 9.17) is 9.84 Å². The van der Waals surface area contributed by atoms with Gasteiger partial charge in [0.05, 0.1) is 13.0 Å². The van der Waals surface area contributed by atoms with E-state index in [1.165, 1.54) is 6.92 Å². The molecule has 0 aliphatic rings. The third kappa shape index (κ3) is 4.68. The van der Waals surface area contributed by atoms with Gasteiger partial charge in [-0.3, -0.25) is 9.59 Å². The molecule has 0 unspecified atom stereocenters. The van der Waals surface area contributed by atoms with Gasteiger partial charge < -0.3 is 20.1 Å². The number of carbonyl (C=O) groups is 2. The Kier molecular flexibility index (Phi) is 5.53. The normalized spacial score (nSPS) is 11.0. The van der Waals surface area contributed by atoms with Gasteiger partial charge in [0, 0.05) is 11.3 Å². The molecule has 0 saturated carbocycles. The summed E-state index contributed by atoms with van der Waals surface area (Å²) in [5.41, 5.74) is 2.38. The Hall–Kier alpha value is -2.77. The first kappa shape index (κ1) is 16.3. The van der Waals surface area contributed by atoms with Crippen molar-refractivity contribution in [2.24, 2.45) is 5.10 Å². The van der Waals surface area contributed by atoms with Crippen molar-refractivity contribution in [3.63, 3.8) is 0 Å². The van der Waals surface area contributed by atoms with Crippen LogP contribution in [0.5, 0.6) is 17.2 Å². The van der Waals surface area contributed by atoms with Gasteiger partial charge in [0.2, 0.25) is 0 Å². The molecule has 0 bridgehead atoms. The molecule has 0 atom stereocenters. The maximum atomic E-state index is 11.7. The topological polar surface area (TPSA) is 128 Å². The first-order chi connectivity index (χ1) is 9.85. The minimum atomic E-state index is -0.719. The highest BCUT2D eigenvalue weighted by molar-refractivity contribution is 6.00. The fourth-order valence-corrected chi connectivity index (χ4v) is 1.41. The molecule has 0 fully saturated rings. The van der Waals surface area contributed by atoms with E-state index < -0.39 is 29.1 Å². The summed E-state index contributed by atoms with van der Waals surface area (Å²) in [6.07, 6.45) is -0.0692. The number of amides is 1. The molecule has 0 heterocycles. The number of phenolic OH excluding ortho intramolecular Hbond substituents is 3. The van der Waals surface area contributed by atoms with Crippen molar-refractivity contribution < 1.29 is 29.6 Å². The number of benzene rings is 1. The molecular weight excluding hydrogens is 280 g/mol. The van der Waals surface area contributed by atoms with Gasteiger partial charge in [-0.15, -0.1) is 0 Å². The van der Waals surface area contributed by atoms with Crippen LogP contribution in [-0.4, -0.2) is 39.5 Å². The molecule has 8 nitrogen and oxygen atoms in total. The monoisotopic (exact) mass is 296 g/mol. The highest BCUT2D eigenvalue weighted by Crippen LogP contribution is 2.35. The Bertz CT molecular complexity index is 559. The fraction of sp³-hybridized carbons (Fsp3) is 0.308. The van der Waals surface area contributed by atoms with Crippen LogP contribution in [0.3, 0.4) is 0 Å². The number of hydrogen-bond acceptors (Lipinski definition) is 7. The molecule has 0 spiro atoms.